The van der Waals surface area contributed by atoms with Gasteiger partial charge >= 0.3 is 0 Å². The molecule has 3 aliphatic rings. The maximum atomic E-state index is 12.4. The zero-order chi connectivity index (χ0) is 13.6. The lowest BCUT2D eigenvalue weighted by Crippen LogP contribution is -2.49. The first-order valence-electron chi connectivity index (χ1n) is 7.05. The summed E-state index contributed by atoms with van der Waals surface area (Å²) in [6.07, 6.45) is 4.47. The first-order chi connectivity index (χ1) is 9.04. The summed E-state index contributed by atoms with van der Waals surface area (Å²) < 4.78 is 26.4. The molecule has 6 heteroatoms. The second kappa shape index (κ2) is 4.59. The molecule has 19 heavy (non-hydrogen) atoms. The van der Waals surface area contributed by atoms with E-state index < -0.39 is 10.0 Å². The number of nitrogens with zero attached hydrogens (tertiary/aromatic N) is 3. The lowest BCUT2D eigenvalue weighted by atomic mass is 10.0. The van der Waals surface area contributed by atoms with Gasteiger partial charge in [0, 0.05) is 18.8 Å². The van der Waals surface area contributed by atoms with Crippen molar-refractivity contribution in [3.63, 3.8) is 0 Å². The van der Waals surface area contributed by atoms with E-state index in [0.717, 1.165) is 31.5 Å². The summed E-state index contributed by atoms with van der Waals surface area (Å²) in [5.41, 5.74) is 2.43. The number of piperazine rings is 1. The van der Waals surface area contributed by atoms with Crippen molar-refractivity contribution in [3.05, 3.63) is 11.3 Å². The molecule has 2 fully saturated rings. The van der Waals surface area contributed by atoms with Crippen molar-refractivity contribution < 1.29 is 8.42 Å². The van der Waals surface area contributed by atoms with E-state index in [-0.39, 0.29) is 11.3 Å². The van der Waals surface area contributed by atoms with Gasteiger partial charge in [-0.25, -0.2) is 8.42 Å². The van der Waals surface area contributed by atoms with Crippen LogP contribution in [-0.2, 0) is 10.0 Å². The van der Waals surface area contributed by atoms with Gasteiger partial charge in [0.25, 0.3) is 0 Å². The maximum Gasteiger partial charge on any atom is 0.217 e. The fourth-order valence-corrected chi connectivity index (χ4v) is 4.70. The number of rotatable bonds is 3. The topological polar surface area (TPSA) is 53.0 Å². The highest BCUT2D eigenvalue weighted by molar-refractivity contribution is 7.90. The van der Waals surface area contributed by atoms with Crippen LogP contribution in [-0.4, -0.2) is 54.9 Å². The highest BCUT2D eigenvalue weighted by Gasteiger charge is 2.42. The molecule has 0 aromatic heterocycles. The van der Waals surface area contributed by atoms with Gasteiger partial charge in [-0.15, -0.1) is 0 Å². The number of sulfonamides is 1. The highest BCUT2D eigenvalue weighted by atomic mass is 32.2. The van der Waals surface area contributed by atoms with Gasteiger partial charge in [-0.1, -0.05) is 6.92 Å². The van der Waals surface area contributed by atoms with Crippen molar-refractivity contribution in [2.45, 2.75) is 44.4 Å². The Bertz CT molecular complexity index is 534. The highest BCUT2D eigenvalue weighted by Crippen LogP contribution is 2.34. The Morgan fingerprint density at radius 2 is 2.11 bits per heavy atom. The molecule has 0 spiro atoms. The Balaban J connectivity index is 1.88. The number of fused-ring (bicyclic) bond motifs is 1. The summed E-state index contributed by atoms with van der Waals surface area (Å²) in [6.45, 7) is 6.03. The van der Waals surface area contributed by atoms with Crippen LogP contribution in [0.2, 0.25) is 0 Å². The Kier molecular flexibility index (Phi) is 3.17. The van der Waals surface area contributed by atoms with Crippen molar-refractivity contribution in [2.75, 3.05) is 19.6 Å². The van der Waals surface area contributed by atoms with E-state index in [4.69, 9.17) is 0 Å². The Hall–Kier alpha value is -0.880. The first kappa shape index (κ1) is 13.1. The molecule has 1 saturated carbocycles. The average Bonchev–Trinajstić information content (AvgIpc) is 3.22. The van der Waals surface area contributed by atoms with Gasteiger partial charge in [0.15, 0.2) is 0 Å². The summed E-state index contributed by atoms with van der Waals surface area (Å²) in [7, 11) is -3.06. The molecule has 5 nitrogen and oxygen atoms in total. The van der Waals surface area contributed by atoms with Crippen LogP contribution in [0.25, 0.3) is 0 Å². The normalized spacial score (nSPS) is 28.7. The third kappa shape index (κ3) is 2.21. The van der Waals surface area contributed by atoms with Gasteiger partial charge in [-0.2, -0.15) is 4.31 Å². The quantitative estimate of drug-likeness (QED) is 0.782. The predicted octanol–water partition coefficient (Wildman–Crippen LogP) is 1.19. The zero-order valence-electron chi connectivity index (χ0n) is 11.5. The van der Waals surface area contributed by atoms with E-state index in [1.54, 1.807) is 4.31 Å². The maximum absolute atomic E-state index is 12.4. The molecule has 0 bridgehead atoms. The molecular formula is C13H21N3O2S. The Labute approximate surface area is 115 Å². The second-order valence-corrected chi connectivity index (χ2v) is 7.75. The fraction of sp³-hybridized carbons (Fsp3) is 0.769. The standard InChI is InChI=1S/C13H21N3O2S/c1-3-12-10(2)14-9-15-6-7-16(8-13(12)15)19(17,18)11-4-5-11/h9-11H,3-8H2,1-2H3/t10-/m0/s1. The molecular weight excluding hydrogens is 262 g/mol. The summed E-state index contributed by atoms with van der Waals surface area (Å²) >= 11 is 0. The lowest BCUT2D eigenvalue weighted by Gasteiger charge is -2.39. The van der Waals surface area contributed by atoms with Crippen molar-refractivity contribution in [2.24, 2.45) is 4.99 Å². The molecule has 3 rings (SSSR count). The molecule has 0 unspecified atom stereocenters. The number of hydrogen-bond acceptors (Lipinski definition) is 4. The van der Waals surface area contributed by atoms with Crippen LogP contribution in [0, 0.1) is 0 Å². The number of hydrogen-bond donors (Lipinski definition) is 0. The van der Waals surface area contributed by atoms with E-state index >= 15 is 0 Å². The number of aliphatic imine (C=N–C) groups is 1. The van der Waals surface area contributed by atoms with Crippen LogP contribution in [0.1, 0.15) is 33.1 Å². The SMILES string of the molecule is CCC1=C2CN(S(=O)(=O)C3CC3)CCN2C=N[C@H]1C. The molecule has 0 aromatic rings. The molecule has 1 saturated heterocycles. The smallest absolute Gasteiger partial charge is 0.217 e. The van der Waals surface area contributed by atoms with E-state index in [1.807, 2.05) is 6.34 Å². The average molecular weight is 283 g/mol. The van der Waals surface area contributed by atoms with E-state index in [0.29, 0.717) is 13.1 Å². The summed E-state index contributed by atoms with van der Waals surface area (Å²) in [5, 5.41) is -0.112. The molecule has 0 aromatic carbocycles. The lowest BCUT2D eigenvalue weighted by molar-refractivity contribution is 0.310. The molecule has 0 amide bonds. The Morgan fingerprint density at radius 1 is 1.37 bits per heavy atom. The van der Waals surface area contributed by atoms with Gasteiger partial charge in [0.2, 0.25) is 10.0 Å². The van der Waals surface area contributed by atoms with Crippen LogP contribution in [0.5, 0.6) is 0 Å². The van der Waals surface area contributed by atoms with Gasteiger partial charge in [0.05, 0.1) is 24.2 Å². The van der Waals surface area contributed by atoms with Crippen LogP contribution in [0.4, 0.5) is 0 Å². The molecule has 1 atom stereocenters. The monoisotopic (exact) mass is 283 g/mol. The van der Waals surface area contributed by atoms with Crippen molar-refractivity contribution >= 4 is 16.4 Å². The summed E-state index contributed by atoms with van der Waals surface area (Å²) in [5.74, 6) is 0. The van der Waals surface area contributed by atoms with Crippen molar-refractivity contribution in [1.29, 1.82) is 0 Å². The van der Waals surface area contributed by atoms with Crippen molar-refractivity contribution in [3.8, 4) is 0 Å². The van der Waals surface area contributed by atoms with E-state index in [9.17, 15) is 8.42 Å². The van der Waals surface area contributed by atoms with Gasteiger partial charge in [-0.05, 0) is 31.8 Å². The molecule has 1 aliphatic carbocycles. The minimum atomic E-state index is -3.06. The van der Waals surface area contributed by atoms with E-state index in [2.05, 4.69) is 23.7 Å². The first-order valence-corrected chi connectivity index (χ1v) is 8.55. The van der Waals surface area contributed by atoms with Gasteiger partial charge < -0.3 is 4.90 Å². The summed E-state index contributed by atoms with van der Waals surface area (Å²) in [4.78, 5) is 6.60. The molecule has 106 valence electrons. The minimum absolute atomic E-state index is 0.112. The Morgan fingerprint density at radius 3 is 2.74 bits per heavy atom. The largest absolute Gasteiger partial charge is 0.334 e. The van der Waals surface area contributed by atoms with Crippen molar-refractivity contribution in [1.82, 2.24) is 9.21 Å². The zero-order valence-corrected chi connectivity index (χ0v) is 12.4. The van der Waals surface area contributed by atoms with Gasteiger partial charge in [-0.3, -0.25) is 4.99 Å². The van der Waals surface area contributed by atoms with Crippen LogP contribution >= 0.6 is 0 Å². The summed E-state index contributed by atoms with van der Waals surface area (Å²) in [6, 6.07) is 0.180. The van der Waals surface area contributed by atoms with Crippen LogP contribution in [0.3, 0.4) is 0 Å². The van der Waals surface area contributed by atoms with E-state index in [1.165, 1.54) is 5.57 Å². The van der Waals surface area contributed by atoms with Gasteiger partial charge in [0.1, 0.15) is 0 Å². The molecule has 0 N–H and O–H groups in total. The van der Waals surface area contributed by atoms with Crippen LogP contribution < -0.4 is 0 Å². The third-order valence-electron chi connectivity index (χ3n) is 4.25. The second-order valence-electron chi connectivity index (χ2n) is 5.54. The predicted molar refractivity (Wildman–Crippen MR) is 75.5 cm³/mol. The fourth-order valence-electron chi connectivity index (χ4n) is 2.91. The molecule has 0 radical (unpaired) electrons. The van der Waals surface area contributed by atoms with Crippen LogP contribution in [0.15, 0.2) is 16.3 Å². The molecule has 2 heterocycles. The molecule has 2 aliphatic heterocycles. The minimum Gasteiger partial charge on any atom is -0.334 e. The third-order valence-corrected chi connectivity index (χ3v) is 6.60.